The largest absolute Gasteiger partial charge is 0.506 e. The maximum atomic E-state index is 12.4. The molecule has 0 aromatic heterocycles. The third kappa shape index (κ3) is 3.73. The summed E-state index contributed by atoms with van der Waals surface area (Å²) in [7, 11) is 0. The van der Waals surface area contributed by atoms with Crippen LogP contribution in [0.1, 0.15) is 35.3 Å². The van der Waals surface area contributed by atoms with E-state index in [-0.39, 0.29) is 17.1 Å². The average Bonchev–Trinajstić information content (AvgIpc) is 2.53. The molecule has 0 aliphatic carbocycles. The van der Waals surface area contributed by atoms with Crippen molar-refractivity contribution in [3.8, 4) is 11.5 Å². The third-order valence-corrected chi connectivity index (χ3v) is 4.41. The van der Waals surface area contributed by atoms with Gasteiger partial charge in [-0.25, -0.2) is 0 Å². The SMILES string of the molecule is CC1(C)C=Cc2c(ccc(C(=O)/C=C/c3ccc(Cl)cc3Cl)c2O)O1. The Balaban J connectivity index is 1.90. The molecule has 5 heteroatoms. The number of halogens is 2. The first-order valence-electron chi connectivity index (χ1n) is 7.68. The van der Waals surface area contributed by atoms with Gasteiger partial charge in [0.05, 0.1) is 11.1 Å². The molecule has 0 radical (unpaired) electrons. The monoisotopic (exact) mass is 374 g/mol. The highest BCUT2D eigenvalue weighted by atomic mass is 35.5. The fourth-order valence-corrected chi connectivity index (χ4v) is 3.00. The number of allylic oxidation sites excluding steroid dienone is 1. The Morgan fingerprint density at radius 1 is 1.20 bits per heavy atom. The van der Waals surface area contributed by atoms with Crippen LogP contribution >= 0.6 is 23.2 Å². The molecule has 1 aliphatic heterocycles. The molecule has 1 N–H and O–H groups in total. The number of hydrogen-bond donors (Lipinski definition) is 1. The van der Waals surface area contributed by atoms with E-state index < -0.39 is 5.60 Å². The summed E-state index contributed by atoms with van der Waals surface area (Å²) in [6, 6.07) is 8.27. The summed E-state index contributed by atoms with van der Waals surface area (Å²) in [4.78, 5) is 12.4. The van der Waals surface area contributed by atoms with E-state index in [1.54, 1.807) is 42.5 Å². The molecule has 0 saturated carbocycles. The summed E-state index contributed by atoms with van der Waals surface area (Å²) in [5, 5.41) is 11.4. The highest BCUT2D eigenvalue weighted by Gasteiger charge is 2.25. The summed E-state index contributed by atoms with van der Waals surface area (Å²) in [5.74, 6) is 0.122. The van der Waals surface area contributed by atoms with Crippen molar-refractivity contribution < 1.29 is 14.6 Å². The number of fused-ring (bicyclic) bond motifs is 1. The zero-order valence-corrected chi connectivity index (χ0v) is 15.2. The fourth-order valence-electron chi connectivity index (χ4n) is 2.53. The predicted molar refractivity (Wildman–Crippen MR) is 102 cm³/mol. The van der Waals surface area contributed by atoms with Crippen molar-refractivity contribution in [3.63, 3.8) is 0 Å². The first-order valence-corrected chi connectivity index (χ1v) is 8.44. The molecule has 0 amide bonds. The number of benzene rings is 2. The van der Waals surface area contributed by atoms with Crippen molar-refractivity contribution >= 4 is 41.1 Å². The third-order valence-electron chi connectivity index (χ3n) is 3.84. The summed E-state index contributed by atoms with van der Waals surface area (Å²) >= 11 is 11.9. The zero-order valence-electron chi connectivity index (χ0n) is 13.7. The molecule has 2 aromatic rings. The van der Waals surface area contributed by atoms with Gasteiger partial charge in [-0.05, 0) is 68.0 Å². The van der Waals surface area contributed by atoms with Crippen molar-refractivity contribution in [2.75, 3.05) is 0 Å². The van der Waals surface area contributed by atoms with Crippen molar-refractivity contribution in [2.45, 2.75) is 19.4 Å². The molecule has 128 valence electrons. The number of ketones is 1. The number of rotatable bonds is 3. The maximum Gasteiger partial charge on any atom is 0.189 e. The number of carbonyl (C=O) groups is 1. The number of aromatic hydroxyl groups is 1. The van der Waals surface area contributed by atoms with Crippen molar-refractivity contribution in [2.24, 2.45) is 0 Å². The van der Waals surface area contributed by atoms with E-state index in [2.05, 4.69) is 0 Å². The quantitative estimate of drug-likeness (QED) is 0.547. The molecular weight excluding hydrogens is 359 g/mol. The maximum absolute atomic E-state index is 12.4. The van der Waals surface area contributed by atoms with Gasteiger partial charge in [-0.15, -0.1) is 0 Å². The molecular formula is C20H16Cl2O3. The van der Waals surface area contributed by atoms with Gasteiger partial charge in [-0.2, -0.15) is 0 Å². The lowest BCUT2D eigenvalue weighted by Crippen LogP contribution is -2.27. The van der Waals surface area contributed by atoms with Crippen LogP contribution in [0.3, 0.4) is 0 Å². The molecule has 0 saturated heterocycles. The summed E-state index contributed by atoms with van der Waals surface area (Å²) in [5.41, 5.74) is 0.925. The van der Waals surface area contributed by atoms with Crippen molar-refractivity contribution in [1.82, 2.24) is 0 Å². The van der Waals surface area contributed by atoms with E-state index >= 15 is 0 Å². The molecule has 3 nitrogen and oxygen atoms in total. The second kappa shape index (κ2) is 6.58. The highest BCUT2D eigenvalue weighted by molar-refractivity contribution is 6.35. The Morgan fingerprint density at radius 3 is 2.68 bits per heavy atom. The van der Waals surface area contributed by atoms with Gasteiger partial charge in [-0.3, -0.25) is 4.79 Å². The molecule has 25 heavy (non-hydrogen) atoms. The van der Waals surface area contributed by atoms with Gasteiger partial charge >= 0.3 is 0 Å². The minimum Gasteiger partial charge on any atom is -0.506 e. The number of hydrogen-bond acceptors (Lipinski definition) is 3. The lowest BCUT2D eigenvalue weighted by Gasteiger charge is -2.28. The van der Waals surface area contributed by atoms with Crippen LogP contribution in [0.5, 0.6) is 11.5 Å². The Morgan fingerprint density at radius 2 is 1.96 bits per heavy atom. The molecule has 2 aromatic carbocycles. The van der Waals surface area contributed by atoms with Gasteiger partial charge in [0.25, 0.3) is 0 Å². The standard InChI is InChI=1S/C20H16Cl2O3/c1-20(2)10-9-15-18(25-20)8-6-14(19(15)24)17(23)7-4-12-3-5-13(21)11-16(12)22/h3-11,24H,1-2H3/b7-4+. The van der Waals surface area contributed by atoms with E-state index in [0.29, 0.717) is 26.9 Å². The Hall–Kier alpha value is -2.23. The number of ether oxygens (including phenoxy) is 1. The Kier molecular flexibility index (Phi) is 4.63. The lowest BCUT2D eigenvalue weighted by atomic mass is 9.98. The van der Waals surface area contributed by atoms with E-state index in [0.717, 1.165) is 0 Å². The summed E-state index contributed by atoms with van der Waals surface area (Å²) < 4.78 is 5.78. The lowest BCUT2D eigenvalue weighted by molar-refractivity contribution is 0.104. The van der Waals surface area contributed by atoms with E-state index in [1.165, 1.54) is 6.08 Å². The van der Waals surface area contributed by atoms with Gasteiger partial charge in [0.15, 0.2) is 5.78 Å². The fraction of sp³-hybridized carbons (Fsp3) is 0.150. The van der Waals surface area contributed by atoms with Crippen LogP contribution < -0.4 is 4.74 Å². The normalized spacial score (nSPS) is 15.0. The Labute approximate surface area is 156 Å². The Bertz CT molecular complexity index is 911. The molecule has 0 unspecified atom stereocenters. The molecule has 1 aliphatic rings. The molecule has 0 bridgehead atoms. The average molecular weight is 375 g/mol. The molecule has 0 atom stereocenters. The minimum atomic E-state index is -0.448. The molecule has 3 rings (SSSR count). The van der Waals surface area contributed by atoms with Gasteiger partial charge < -0.3 is 9.84 Å². The highest BCUT2D eigenvalue weighted by Crippen LogP contribution is 2.38. The first kappa shape index (κ1) is 17.6. The van der Waals surface area contributed by atoms with Crippen LogP contribution in [0.2, 0.25) is 10.0 Å². The van der Waals surface area contributed by atoms with Crippen molar-refractivity contribution in [3.05, 3.63) is 69.2 Å². The first-order chi connectivity index (χ1) is 11.8. The van der Waals surface area contributed by atoms with Gasteiger partial charge in [-0.1, -0.05) is 29.3 Å². The van der Waals surface area contributed by atoms with E-state index in [4.69, 9.17) is 27.9 Å². The van der Waals surface area contributed by atoms with Gasteiger partial charge in [0.2, 0.25) is 0 Å². The second-order valence-corrected chi connectivity index (χ2v) is 7.12. The summed E-state index contributed by atoms with van der Waals surface area (Å²) in [6.45, 7) is 3.84. The smallest absolute Gasteiger partial charge is 0.189 e. The topological polar surface area (TPSA) is 46.5 Å². The predicted octanol–water partition coefficient (Wildman–Crippen LogP) is 5.78. The number of phenolic OH excluding ortho intramolecular Hbond substituents is 1. The molecule has 0 fully saturated rings. The molecule has 0 spiro atoms. The van der Waals surface area contributed by atoms with E-state index in [1.807, 2.05) is 19.9 Å². The van der Waals surface area contributed by atoms with Crippen LogP contribution in [0.25, 0.3) is 12.2 Å². The minimum absolute atomic E-state index is 0.0962. The van der Waals surface area contributed by atoms with Crippen LogP contribution in [-0.2, 0) is 0 Å². The zero-order chi connectivity index (χ0) is 18.2. The van der Waals surface area contributed by atoms with Gasteiger partial charge in [0, 0.05) is 10.0 Å². The van der Waals surface area contributed by atoms with Crippen LogP contribution in [0, 0.1) is 0 Å². The van der Waals surface area contributed by atoms with Crippen molar-refractivity contribution in [1.29, 1.82) is 0 Å². The van der Waals surface area contributed by atoms with Crippen LogP contribution in [0.15, 0.2) is 42.5 Å². The molecule has 1 heterocycles. The second-order valence-electron chi connectivity index (χ2n) is 6.28. The number of phenols is 1. The van der Waals surface area contributed by atoms with E-state index in [9.17, 15) is 9.90 Å². The number of carbonyl (C=O) groups excluding carboxylic acids is 1. The van der Waals surface area contributed by atoms with Crippen LogP contribution in [-0.4, -0.2) is 16.5 Å². The summed E-state index contributed by atoms with van der Waals surface area (Å²) in [6.07, 6.45) is 6.57. The van der Waals surface area contributed by atoms with Gasteiger partial charge in [0.1, 0.15) is 17.1 Å². The van der Waals surface area contributed by atoms with Crippen LogP contribution in [0.4, 0.5) is 0 Å².